The Morgan fingerprint density at radius 2 is 2.17 bits per heavy atom. The molecule has 0 unspecified atom stereocenters. The monoisotopic (exact) mass is 231 g/mol. The molecule has 0 atom stereocenters. The summed E-state index contributed by atoms with van der Waals surface area (Å²) in [6.07, 6.45) is 7.17. The highest BCUT2D eigenvalue weighted by molar-refractivity contribution is 9.11. The van der Waals surface area contributed by atoms with Gasteiger partial charge >= 0.3 is 0 Å². The number of rotatable bonds is 4. The Morgan fingerprint density at radius 3 is 2.67 bits per heavy atom. The van der Waals surface area contributed by atoms with Crippen molar-refractivity contribution < 1.29 is 4.74 Å². The Bertz CT molecular complexity index is 207. The molecule has 2 nitrogen and oxygen atoms in total. The molecule has 0 aliphatic carbocycles. The summed E-state index contributed by atoms with van der Waals surface area (Å²) >= 11 is 3.33. The first-order valence-corrected chi connectivity index (χ1v) is 4.40. The molecule has 0 fully saturated rings. The zero-order valence-corrected chi connectivity index (χ0v) is 8.97. The Hall–Kier alpha value is -0.540. The van der Waals surface area contributed by atoms with Crippen LogP contribution in [0.3, 0.4) is 0 Å². The molecule has 0 aromatic rings. The van der Waals surface area contributed by atoms with E-state index in [4.69, 9.17) is 10.5 Å². The van der Waals surface area contributed by atoms with Gasteiger partial charge in [0.2, 0.25) is 0 Å². The lowest BCUT2D eigenvalue weighted by Gasteiger charge is -1.95. The number of halogens is 1. The largest absolute Gasteiger partial charge is 0.405 e. The second-order valence-corrected chi connectivity index (χ2v) is 3.27. The van der Waals surface area contributed by atoms with Gasteiger partial charge in [0.05, 0.1) is 6.61 Å². The third-order valence-corrected chi connectivity index (χ3v) is 1.68. The summed E-state index contributed by atoms with van der Waals surface area (Å²) in [5.74, 6) is 0. The number of hydrogen-bond donors (Lipinski definition) is 1. The Kier molecular flexibility index (Phi) is 6.81. The Morgan fingerprint density at radius 1 is 1.50 bits per heavy atom. The zero-order chi connectivity index (χ0) is 9.40. The van der Waals surface area contributed by atoms with Crippen LogP contribution in [0.25, 0.3) is 0 Å². The predicted octanol–water partition coefficient (Wildman–Crippen LogP) is 2.33. The molecule has 0 aliphatic heterocycles. The quantitative estimate of drug-likeness (QED) is 0.755. The molecule has 0 aromatic carbocycles. The van der Waals surface area contributed by atoms with Crippen LogP contribution in [-0.4, -0.2) is 13.7 Å². The average Bonchev–Trinajstić information content (AvgIpc) is 2.02. The van der Waals surface area contributed by atoms with Crippen molar-refractivity contribution in [1.82, 2.24) is 0 Å². The fourth-order valence-corrected chi connectivity index (χ4v) is 0.930. The van der Waals surface area contributed by atoms with Crippen molar-refractivity contribution in [1.29, 1.82) is 0 Å². The van der Waals surface area contributed by atoms with Crippen molar-refractivity contribution in [3.8, 4) is 0 Å². The van der Waals surface area contributed by atoms with Crippen molar-refractivity contribution in [3.05, 3.63) is 34.5 Å². The summed E-state index contributed by atoms with van der Waals surface area (Å²) in [6, 6.07) is 0. The molecule has 3 heteroatoms. The molecule has 0 bridgehead atoms. The molecular weight excluding hydrogens is 218 g/mol. The molecule has 0 heterocycles. The maximum atomic E-state index is 5.20. The number of allylic oxidation sites excluding steroid dienone is 4. The standard InChI is InChI=1S/C9H14BrNO/c1-8(7-12-2)3-4-9(10)5-6-11/h3-6H,7,11H2,1-2H3/b6-5+,8-3+,9-4+. The molecule has 0 aliphatic rings. The maximum absolute atomic E-state index is 5.20. The molecule has 0 radical (unpaired) electrons. The van der Waals surface area contributed by atoms with E-state index in [-0.39, 0.29) is 0 Å². The van der Waals surface area contributed by atoms with Crippen molar-refractivity contribution >= 4 is 15.9 Å². The molecular formula is C9H14BrNO. The van der Waals surface area contributed by atoms with Crippen LogP contribution in [0.5, 0.6) is 0 Å². The first kappa shape index (κ1) is 11.5. The molecule has 0 saturated heterocycles. The lowest BCUT2D eigenvalue weighted by molar-refractivity contribution is 0.226. The third-order valence-electron chi connectivity index (χ3n) is 1.15. The highest BCUT2D eigenvalue weighted by Gasteiger charge is 1.85. The second kappa shape index (κ2) is 7.13. The molecule has 68 valence electrons. The molecule has 0 saturated carbocycles. The average molecular weight is 232 g/mol. The zero-order valence-electron chi connectivity index (χ0n) is 7.38. The first-order chi connectivity index (χ1) is 5.70. The normalized spacial score (nSPS) is 14.2. The van der Waals surface area contributed by atoms with Gasteiger partial charge in [0.15, 0.2) is 0 Å². The van der Waals surface area contributed by atoms with E-state index in [1.807, 2.05) is 19.1 Å². The lowest BCUT2D eigenvalue weighted by atomic mass is 10.3. The molecule has 12 heavy (non-hydrogen) atoms. The maximum Gasteiger partial charge on any atom is 0.0673 e. The second-order valence-electron chi connectivity index (χ2n) is 2.36. The topological polar surface area (TPSA) is 35.2 Å². The van der Waals surface area contributed by atoms with E-state index in [9.17, 15) is 0 Å². The minimum Gasteiger partial charge on any atom is -0.405 e. The van der Waals surface area contributed by atoms with Crippen LogP contribution < -0.4 is 5.73 Å². The summed E-state index contributed by atoms with van der Waals surface area (Å²) in [4.78, 5) is 0. The van der Waals surface area contributed by atoms with E-state index in [1.165, 1.54) is 11.8 Å². The van der Waals surface area contributed by atoms with Gasteiger partial charge in [0.25, 0.3) is 0 Å². The van der Waals surface area contributed by atoms with Crippen LogP contribution in [0.15, 0.2) is 34.5 Å². The summed E-state index contributed by atoms with van der Waals surface area (Å²) in [7, 11) is 1.68. The van der Waals surface area contributed by atoms with Gasteiger partial charge in [0, 0.05) is 11.6 Å². The molecule has 0 amide bonds. The van der Waals surface area contributed by atoms with Crippen LogP contribution in [0.2, 0.25) is 0 Å². The van der Waals surface area contributed by atoms with Crippen LogP contribution in [0.1, 0.15) is 6.92 Å². The van der Waals surface area contributed by atoms with Crippen LogP contribution in [-0.2, 0) is 4.74 Å². The van der Waals surface area contributed by atoms with Crippen LogP contribution in [0.4, 0.5) is 0 Å². The van der Waals surface area contributed by atoms with Gasteiger partial charge in [-0.05, 0) is 30.8 Å². The van der Waals surface area contributed by atoms with Gasteiger partial charge in [-0.15, -0.1) is 0 Å². The minimum absolute atomic E-state index is 0.656. The smallest absolute Gasteiger partial charge is 0.0673 e. The van der Waals surface area contributed by atoms with E-state index in [0.29, 0.717) is 6.61 Å². The SMILES string of the molecule is COC/C(C)=C/C=C(Br)\C=C\N. The highest BCUT2D eigenvalue weighted by Crippen LogP contribution is 2.06. The van der Waals surface area contributed by atoms with E-state index in [1.54, 1.807) is 13.2 Å². The Balaban J connectivity index is 4.07. The van der Waals surface area contributed by atoms with Gasteiger partial charge < -0.3 is 10.5 Å². The lowest BCUT2D eigenvalue weighted by Crippen LogP contribution is -1.88. The molecule has 0 rings (SSSR count). The summed E-state index contributed by atoms with van der Waals surface area (Å²) in [5, 5.41) is 0. The number of nitrogens with two attached hydrogens (primary N) is 1. The summed E-state index contributed by atoms with van der Waals surface area (Å²) in [6.45, 7) is 2.66. The van der Waals surface area contributed by atoms with Gasteiger partial charge in [-0.3, -0.25) is 0 Å². The molecule has 0 aromatic heterocycles. The number of methoxy groups -OCH3 is 1. The van der Waals surface area contributed by atoms with E-state index < -0.39 is 0 Å². The van der Waals surface area contributed by atoms with E-state index >= 15 is 0 Å². The van der Waals surface area contributed by atoms with Crippen LogP contribution in [0, 0.1) is 0 Å². The van der Waals surface area contributed by atoms with Gasteiger partial charge in [-0.1, -0.05) is 22.0 Å². The molecule has 2 N–H and O–H groups in total. The van der Waals surface area contributed by atoms with Crippen LogP contribution >= 0.6 is 15.9 Å². The van der Waals surface area contributed by atoms with Crippen molar-refractivity contribution in [3.63, 3.8) is 0 Å². The third kappa shape index (κ3) is 6.19. The molecule has 0 spiro atoms. The fraction of sp³-hybridized carbons (Fsp3) is 0.333. The minimum atomic E-state index is 0.656. The first-order valence-electron chi connectivity index (χ1n) is 3.61. The highest BCUT2D eigenvalue weighted by atomic mass is 79.9. The van der Waals surface area contributed by atoms with Gasteiger partial charge in [-0.25, -0.2) is 0 Å². The summed E-state index contributed by atoms with van der Waals surface area (Å²) < 4.78 is 5.89. The summed E-state index contributed by atoms with van der Waals surface area (Å²) in [5.41, 5.74) is 6.36. The predicted molar refractivity (Wildman–Crippen MR) is 56.0 cm³/mol. The number of ether oxygens (including phenoxy) is 1. The van der Waals surface area contributed by atoms with Crippen molar-refractivity contribution in [2.24, 2.45) is 5.73 Å². The van der Waals surface area contributed by atoms with Gasteiger partial charge in [-0.2, -0.15) is 0 Å². The Labute approximate surface area is 81.9 Å². The fourth-order valence-electron chi connectivity index (χ4n) is 0.645. The van der Waals surface area contributed by atoms with Crippen molar-refractivity contribution in [2.45, 2.75) is 6.92 Å². The van der Waals surface area contributed by atoms with Crippen molar-refractivity contribution in [2.75, 3.05) is 13.7 Å². The number of hydrogen-bond acceptors (Lipinski definition) is 2. The van der Waals surface area contributed by atoms with E-state index in [2.05, 4.69) is 15.9 Å². The van der Waals surface area contributed by atoms with Gasteiger partial charge in [0.1, 0.15) is 0 Å². The van der Waals surface area contributed by atoms with E-state index in [0.717, 1.165) is 4.48 Å².